The summed E-state index contributed by atoms with van der Waals surface area (Å²) in [4.78, 5) is 25.4. The van der Waals surface area contributed by atoms with E-state index in [1.54, 1.807) is 30.3 Å². The summed E-state index contributed by atoms with van der Waals surface area (Å²) in [6.07, 6.45) is 1.72. The Hall–Kier alpha value is -2.64. The predicted molar refractivity (Wildman–Crippen MR) is 107 cm³/mol. The van der Waals surface area contributed by atoms with Gasteiger partial charge in [0.2, 0.25) is 0 Å². The molecule has 1 saturated heterocycles. The third-order valence-electron chi connectivity index (χ3n) is 3.55. The Bertz CT molecular complexity index is 881. The molecular weight excluding hydrogens is 368 g/mol. The summed E-state index contributed by atoms with van der Waals surface area (Å²) in [5.41, 5.74) is 3.79. The van der Waals surface area contributed by atoms with E-state index < -0.39 is 5.91 Å². The maximum atomic E-state index is 12.7. The molecular formula is C19H16N2O3S2. The lowest BCUT2D eigenvalue weighted by molar-refractivity contribution is -0.123. The number of amides is 2. The second-order valence-corrected chi connectivity index (χ2v) is 6.97. The fraction of sp³-hybridized carbons (Fsp3) is 0.105. The number of ether oxygens (including phenoxy) is 1. The number of benzene rings is 2. The van der Waals surface area contributed by atoms with Crippen molar-refractivity contribution in [3.63, 3.8) is 0 Å². The fourth-order valence-electron chi connectivity index (χ4n) is 2.35. The van der Waals surface area contributed by atoms with Crippen LogP contribution in [0.5, 0.6) is 5.75 Å². The van der Waals surface area contributed by atoms with E-state index in [0.717, 1.165) is 22.3 Å². The van der Waals surface area contributed by atoms with Crippen molar-refractivity contribution in [2.75, 3.05) is 6.61 Å². The minimum atomic E-state index is -0.391. The standard InChI is InChI=1S/C19H16N2O3S2/c1-2-24-15-11-7-6-10-14(15)12-16-18(23)21(19(25)26-16)20-17(22)13-8-4-3-5-9-13/h3-12H,2H2,1H3,(H,20,22)/b16-12-. The second-order valence-electron chi connectivity index (χ2n) is 5.29. The number of nitrogens with zero attached hydrogens (tertiary/aromatic N) is 1. The third-order valence-corrected chi connectivity index (χ3v) is 4.85. The van der Waals surface area contributed by atoms with E-state index in [1.165, 1.54) is 0 Å². The van der Waals surface area contributed by atoms with Gasteiger partial charge in [-0.05, 0) is 43.4 Å². The SMILES string of the molecule is CCOc1ccccc1/C=C1\SC(=S)N(NC(=O)c2ccccc2)C1=O. The summed E-state index contributed by atoms with van der Waals surface area (Å²) in [7, 11) is 0. The molecule has 0 aromatic heterocycles. The maximum absolute atomic E-state index is 12.7. The van der Waals surface area contributed by atoms with Crippen LogP contribution in [0.25, 0.3) is 6.08 Å². The van der Waals surface area contributed by atoms with Crippen LogP contribution in [0, 0.1) is 0 Å². The molecule has 0 aliphatic carbocycles. The van der Waals surface area contributed by atoms with Gasteiger partial charge in [0.1, 0.15) is 5.75 Å². The molecule has 1 heterocycles. The number of hydrazine groups is 1. The minimum absolute atomic E-state index is 0.277. The van der Waals surface area contributed by atoms with Gasteiger partial charge in [0, 0.05) is 11.1 Å². The van der Waals surface area contributed by atoms with Gasteiger partial charge in [0.05, 0.1) is 11.5 Å². The highest BCUT2D eigenvalue weighted by Gasteiger charge is 2.34. The molecule has 2 aromatic rings. The topological polar surface area (TPSA) is 58.6 Å². The van der Waals surface area contributed by atoms with Gasteiger partial charge in [0.25, 0.3) is 11.8 Å². The number of thiocarbonyl (C=S) groups is 1. The van der Waals surface area contributed by atoms with Crippen LogP contribution in [-0.4, -0.2) is 27.8 Å². The van der Waals surface area contributed by atoms with Crippen LogP contribution in [-0.2, 0) is 4.79 Å². The lowest BCUT2D eigenvalue weighted by Crippen LogP contribution is -2.44. The molecule has 1 N–H and O–H groups in total. The van der Waals surface area contributed by atoms with E-state index >= 15 is 0 Å². The van der Waals surface area contributed by atoms with Gasteiger partial charge in [0.15, 0.2) is 4.32 Å². The van der Waals surface area contributed by atoms with Gasteiger partial charge in [-0.15, -0.1) is 0 Å². The highest BCUT2D eigenvalue weighted by atomic mass is 32.2. The molecule has 2 aromatic carbocycles. The van der Waals surface area contributed by atoms with Gasteiger partial charge in [-0.25, -0.2) is 0 Å². The van der Waals surface area contributed by atoms with E-state index in [-0.39, 0.29) is 10.2 Å². The molecule has 0 spiro atoms. The van der Waals surface area contributed by atoms with Crippen LogP contribution in [0.2, 0.25) is 0 Å². The number of para-hydroxylation sites is 1. The van der Waals surface area contributed by atoms with Gasteiger partial charge < -0.3 is 4.74 Å². The Morgan fingerprint density at radius 2 is 1.88 bits per heavy atom. The largest absolute Gasteiger partial charge is 0.493 e. The summed E-state index contributed by atoms with van der Waals surface area (Å²) < 4.78 is 5.85. The molecule has 0 radical (unpaired) electrons. The highest BCUT2D eigenvalue weighted by Crippen LogP contribution is 2.33. The van der Waals surface area contributed by atoms with Crippen molar-refractivity contribution in [2.45, 2.75) is 6.92 Å². The molecule has 132 valence electrons. The molecule has 0 unspecified atom stereocenters. The Morgan fingerprint density at radius 1 is 1.19 bits per heavy atom. The van der Waals surface area contributed by atoms with Gasteiger partial charge >= 0.3 is 0 Å². The van der Waals surface area contributed by atoms with Crippen LogP contribution in [0.1, 0.15) is 22.8 Å². The monoisotopic (exact) mass is 384 g/mol. The number of carbonyl (C=O) groups excluding carboxylic acids is 2. The normalized spacial score (nSPS) is 15.4. The first-order chi connectivity index (χ1) is 12.6. The van der Waals surface area contributed by atoms with Crippen LogP contribution in [0.4, 0.5) is 0 Å². The van der Waals surface area contributed by atoms with Crippen molar-refractivity contribution in [1.82, 2.24) is 10.4 Å². The quantitative estimate of drug-likeness (QED) is 0.630. The summed E-state index contributed by atoms with van der Waals surface area (Å²) in [5.74, 6) is -0.0676. The highest BCUT2D eigenvalue weighted by molar-refractivity contribution is 8.26. The molecule has 0 saturated carbocycles. The Labute approximate surface area is 161 Å². The number of thioether (sulfide) groups is 1. The molecule has 0 bridgehead atoms. The minimum Gasteiger partial charge on any atom is -0.493 e. The Morgan fingerprint density at radius 3 is 2.62 bits per heavy atom. The molecule has 1 aliphatic heterocycles. The maximum Gasteiger partial charge on any atom is 0.285 e. The van der Waals surface area contributed by atoms with Crippen molar-refractivity contribution < 1.29 is 14.3 Å². The molecule has 3 rings (SSSR count). The fourth-order valence-corrected chi connectivity index (χ4v) is 3.52. The van der Waals surface area contributed by atoms with Crippen molar-refractivity contribution in [1.29, 1.82) is 0 Å². The predicted octanol–water partition coefficient (Wildman–Crippen LogP) is 3.63. The Kier molecular flexibility index (Phi) is 5.70. The van der Waals surface area contributed by atoms with Crippen LogP contribution >= 0.6 is 24.0 Å². The number of rotatable bonds is 5. The molecule has 7 heteroatoms. The Balaban J connectivity index is 1.80. The zero-order chi connectivity index (χ0) is 18.5. The second kappa shape index (κ2) is 8.16. The molecule has 1 fully saturated rings. The summed E-state index contributed by atoms with van der Waals surface area (Å²) in [5, 5.41) is 1.10. The van der Waals surface area contributed by atoms with E-state index in [1.807, 2.05) is 37.3 Å². The number of hydrogen-bond acceptors (Lipinski definition) is 5. The van der Waals surface area contributed by atoms with Crippen LogP contribution < -0.4 is 10.2 Å². The number of carbonyl (C=O) groups is 2. The summed E-state index contributed by atoms with van der Waals surface area (Å²) in [6, 6.07) is 16.1. The van der Waals surface area contributed by atoms with Gasteiger partial charge in [-0.3, -0.25) is 15.0 Å². The van der Waals surface area contributed by atoms with Crippen LogP contribution in [0.15, 0.2) is 59.5 Å². The van der Waals surface area contributed by atoms with Crippen molar-refractivity contribution in [3.05, 3.63) is 70.6 Å². The zero-order valence-corrected chi connectivity index (χ0v) is 15.6. The summed E-state index contributed by atoms with van der Waals surface area (Å²) >= 11 is 6.38. The molecule has 5 nitrogen and oxygen atoms in total. The molecule has 0 atom stereocenters. The third kappa shape index (κ3) is 3.95. The van der Waals surface area contributed by atoms with Crippen molar-refractivity contribution in [3.8, 4) is 5.75 Å². The first kappa shape index (κ1) is 18.2. The summed E-state index contributed by atoms with van der Waals surface area (Å²) in [6.45, 7) is 2.42. The number of hydrogen-bond donors (Lipinski definition) is 1. The van der Waals surface area contributed by atoms with E-state index in [0.29, 0.717) is 22.8 Å². The van der Waals surface area contributed by atoms with E-state index in [4.69, 9.17) is 17.0 Å². The van der Waals surface area contributed by atoms with E-state index in [9.17, 15) is 9.59 Å². The van der Waals surface area contributed by atoms with E-state index in [2.05, 4.69) is 5.43 Å². The average molecular weight is 384 g/mol. The lowest BCUT2D eigenvalue weighted by Gasteiger charge is -2.15. The van der Waals surface area contributed by atoms with Crippen molar-refractivity contribution >= 4 is 46.2 Å². The van der Waals surface area contributed by atoms with Gasteiger partial charge in [-0.1, -0.05) is 48.2 Å². The molecule has 26 heavy (non-hydrogen) atoms. The average Bonchev–Trinajstić information content (AvgIpc) is 2.91. The first-order valence-corrected chi connectivity index (χ1v) is 9.18. The first-order valence-electron chi connectivity index (χ1n) is 7.96. The smallest absolute Gasteiger partial charge is 0.285 e. The molecule has 2 amide bonds. The van der Waals surface area contributed by atoms with Gasteiger partial charge in [-0.2, -0.15) is 5.01 Å². The molecule has 1 aliphatic rings. The van der Waals surface area contributed by atoms with Crippen LogP contribution in [0.3, 0.4) is 0 Å². The van der Waals surface area contributed by atoms with Crippen molar-refractivity contribution in [2.24, 2.45) is 0 Å². The number of nitrogens with one attached hydrogen (secondary N) is 1. The zero-order valence-electron chi connectivity index (χ0n) is 14.0. The lowest BCUT2D eigenvalue weighted by atomic mass is 10.2.